The Labute approximate surface area is 92.0 Å². The number of hydrogen-bond acceptors (Lipinski definition) is 5. The lowest BCUT2D eigenvalue weighted by atomic mass is 9.89. The van der Waals surface area contributed by atoms with Crippen LogP contribution < -0.4 is 5.32 Å². The second-order valence-electron chi connectivity index (χ2n) is 4.17. The van der Waals surface area contributed by atoms with Crippen molar-refractivity contribution >= 4 is 5.69 Å². The fraction of sp³-hybridized carbons (Fsp3) is 0.667. The lowest BCUT2D eigenvalue weighted by Crippen LogP contribution is -2.47. The number of aliphatic hydroxyl groups is 1. The van der Waals surface area contributed by atoms with Crippen LogP contribution in [-0.2, 0) is 6.42 Å². The second kappa shape index (κ2) is 4.18. The van der Waals surface area contributed by atoms with E-state index in [1.165, 1.54) is 6.20 Å². The van der Waals surface area contributed by atoms with Gasteiger partial charge < -0.3 is 10.4 Å². The van der Waals surface area contributed by atoms with Gasteiger partial charge in [-0.05, 0) is 19.4 Å². The Hall–Kier alpha value is -1.47. The van der Waals surface area contributed by atoms with E-state index < -0.39 is 10.5 Å². The first-order valence-corrected chi connectivity index (χ1v) is 5.20. The number of piperidine rings is 1. The van der Waals surface area contributed by atoms with Crippen LogP contribution in [0.2, 0.25) is 0 Å². The molecule has 7 heteroatoms. The van der Waals surface area contributed by atoms with Gasteiger partial charge in [0.15, 0.2) is 0 Å². The molecule has 1 saturated heterocycles. The van der Waals surface area contributed by atoms with Crippen LogP contribution in [0.1, 0.15) is 18.5 Å². The van der Waals surface area contributed by atoms with Gasteiger partial charge in [0.25, 0.3) is 0 Å². The summed E-state index contributed by atoms with van der Waals surface area (Å²) in [5.74, 6) is 0. The molecule has 0 amide bonds. The van der Waals surface area contributed by atoms with E-state index >= 15 is 0 Å². The molecule has 1 aliphatic heterocycles. The number of H-pyrrole nitrogens is 1. The maximum Gasteiger partial charge on any atom is 0.309 e. The molecule has 1 aliphatic rings. The summed E-state index contributed by atoms with van der Waals surface area (Å²) in [5, 5.41) is 30.2. The van der Waals surface area contributed by atoms with Gasteiger partial charge in [0.2, 0.25) is 0 Å². The fourth-order valence-electron chi connectivity index (χ4n) is 2.03. The molecule has 0 aliphatic carbocycles. The van der Waals surface area contributed by atoms with Gasteiger partial charge in [-0.25, -0.2) is 0 Å². The van der Waals surface area contributed by atoms with Gasteiger partial charge in [-0.2, -0.15) is 5.10 Å². The van der Waals surface area contributed by atoms with Crippen LogP contribution in [-0.4, -0.2) is 38.9 Å². The summed E-state index contributed by atoms with van der Waals surface area (Å²) in [6.45, 7) is 1.34. The van der Waals surface area contributed by atoms with E-state index in [4.69, 9.17) is 0 Å². The topological polar surface area (TPSA) is 104 Å². The number of aromatic nitrogens is 2. The van der Waals surface area contributed by atoms with Crippen molar-refractivity contribution in [3.63, 3.8) is 0 Å². The van der Waals surface area contributed by atoms with Crippen molar-refractivity contribution in [2.24, 2.45) is 0 Å². The number of aromatic amines is 1. The van der Waals surface area contributed by atoms with E-state index in [0.29, 0.717) is 18.7 Å². The third-order valence-electron chi connectivity index (χ3n) is 2.85. The standard InChI is InChI=1S/C9H14N4O3/c14-9(2-1-3-10-6-9)4-7-8(13(15)16)5-11-12-7/h5,10,14H,1-4,6H2,(H,11,12). The van der Waals surface area contributed by atoms with E-state index in [0.717, 1.165) is 13.0 Å². The Balaban J connectivity index is 2.13. The Bertz CT molecular complexity index is 384. The lowest BCUT2D eigenvalue weighted by molar-refractivity contribution is -0.385. The quantitative estimate of drug-likeness (QED) is 0.496. The first-order valence-electron chi connectivity index (χ1n) is 5.20. The molecule has 0 aromatic carbocycles. The highest BCUT2D eigenvalue weighted by molar-refractivity contribution is 5.33. The van der Waals surface area contributed by atoms with Gasteiger partial charge in [0.05, 0.1) is 10.5 Å². The summed E-state index contributed by atoms with van der Waals surface area (Å²) in [5.41, 5.74) is -0.578. The number of rotatable bonds is 3. The smallest absolute Gasteiger partial charge is 0.309 e. The van der Waals surface area contributed by atoms with Crippen molar-refractivity contribution in [1.82, 2.24) is 15.5 Å². The first kappa shape index (κ1) is 11.0. The second-order valence-corrected chi connectivity index (χ2v) is 4.17. The number of nitrogens with one attached hydrogen (secondary N) is 2. The zero-order chi connectivity index (χ0) is 11.6. The zero-order valence-corrected chi connectivity index (χ0v) is 8.77. The fourth-order valence-corrected chi connectivity index (χ4v) is 2.03. The average molecular weight is 226 g/mol. The van der Waals surface area contributed by atoms with Gasteiger partial charge in [-0.1, -0.05) is 0 Å². The van der Waals surface area contributed by atoms with Crippen LogP contribution in [0.15, 0.2) is 6.20 Å². The predicted molar refractivity (Wildman–Crippen MR) is 56.0 cm³/mol. The summed E-state index contributed by atoms with van der Waals surface area (Å²) < 4.78 is 0. The molecule has 0 saturated carbocycles. The summed E-state index contributed by atoms with van der Waals surface area (Å²) in [4.78, 5) is 10.2. The highest BCUT2D eigenvalue weighted by Gasteiger charge is 2.32. The molecule has 1 aromatic rings. The Morgan fingerprint density at radius 1 is 1.69 bits per heavy atom. The van der Waals surface area contributed by atoms with Crippen molar-refractivity contribution < 1.29 is 10.0 Å². The third-order valence-corrected chi connectivity index (χ3v) is 2.85. The summed E-state index contributed by atoms with van der Waals surface area (Å²) in [6.07, 6.45) is 2.93. The Morgan fingerprint density at radius 3 is 3.12 bits per heavy atom. The minimum atomic E-state index is -0.907. The van der Waals surface area contributed by atoms with Crippen LogP contribution >= 0.6 is 0 Å². The summed E-state index contributed by atoms with van der Waals surface area (Å²) in [7, 11) is 0. The minimum Gasteiger partial charge on any atom is -0.388 e. The third kappa shape index (κ3) is 2.20. The molecule has 1 aromatic heterocycles. The molecule has 0 bridgehead atoms. The monoisotopic (exact) mass is 226 g/mol. The van der Waals surface area contributed by atoms with E-state index in [2.05, 4.69) is 15.5 Å². The number of nitro groups is 1. The van der Waals surface area contributed by atoms with E-state index in [1.807, 2.05) is 0 Å². The molecule has 2 heterocycles. The van der Waals surface area contributed by atoms with E-state index in [1.54, 1.807) is 0 Å². The Morgan fingerprint density at radius 2 is 2.50 bits per heavy atom. The van der Waals surface area contributed by atoms with Crippen LogP contribution in [0.25, 0.3) is 0 Å². The molecular weight excluding hydrogens is 212 g/mol. The molecule has 1 unspecified atom stereocenters. The van der Waals surface area contributed by atoms with Gasteiger partial charge in [-0.3, -0.25) is 15.2 Å². The van der Waals surface area contributed by atoms with Crippen molar-refractivity contribution in [3.05, 3.63) is 22.0 Å². The van der Waals surface area contributed by atoms with E-state index in [-0.39, 0.29) is 12.1 Å². The highest BCUT2D eigenvalue weighted by Crippen LogP contribution is 2.25. The SMILES string of the molecule is O=[N+]([O-])c1cn[nH]c1CC1(O)CCCNC1. The first-order chi connectivity index (χ1) is 7.61. The van der Waals surface area contributed by atoms with Gasteiger partial charge >= 0.3 is 5.69 Å². The van der Waals surface area contributed by atoms with Crippen LogP contribution in [0, 0.1) is 10.1 Å². The lowest BCUT2D eigenvalue weighted by Gasteiger charge is -2.31. The predicted octanol–water partition coefficient (Wildman–Crippen LogP) is -0.0251. The normalized spacial score (nSPS) is 25.6. The Kier molecular flexibility index (Phi) is 2.88. The maximum absolute atomic E-state index is 10.7. The molecule has 3 N–H and O–H groups in total. The molecule has 16 heavy (non-hydrogen) atoms. The van der Waals surface area contributed by atoms with Gasteiger partial charge in [0, 0.05) is 13.0 Å². The maximum atomic E-state index is 10.7. The minimum absolute atomic E-state index is 0.0565. The van der Waals surface area contributed by atoms with Gasteiger partial charge in [-0.15, -0.1) is 0 Å². The molecule has 1 fully saturated rings. The summed E-state index contributed by atoms with van der Waals surface area (Å²) in [6, 6.07) is 0. The average Bonchev–Trinajstić information content (AvgIpc) is 2.66. The van der Waals surface area contributed by atoms with Crippen LogP contribution in [0.4, 0.5) is 5.69 Å². The van der Waals surface area contributed by atoms with Crippen molar-refractivity contribution in [3.8, 4) is 0 Å². The molecule has 2 rings (SSSR count). The molecule has 0 spiro atoms. The van der Waals surface area contributed by atoms with Crippen molar-refractivity contribution in [2.45, 2.75) is 24.9 Å². The molecule has 1 atom stereocenters. The number of nitrogens with zero attached hydrogens (tertiary/aromatic N) is 2. The van der Waals surface area contributed by atoms with Crippen LogP contribution in [0.5, 0.6) is 0 Å². The molecule has 0 radical (unpaired) electrons. The van der Waals surface area contributed by atoms with Crippen molar-refractivity contribution in [2.75, 3.05) is 13.1 Å². The molecular formula is C9H14N4O3. The van der Waals surface area contributed by atoms with E-state index in [9.17, 15) is 15.2 Å². The van der Waals surface area contributed by atoms with Crippen molar-refractivity contribution in [1.29, 1.82) is 0 Å². The van der Waals surface area contributed by atoms with Crippen LogP contribution in [0.3, 0.4) is 0 Å². The summed E-state index contributed by atoms with van der Waals surface area (Å²) >= 11 is 0. The zero-order valence-electron chi connectivity index (χ0n) is 8.77. The molecule has 88 valence electrons. The van der Waals surface area contributed by atoms with Gasteiger partial charge in [0.1, 0.15) is 11.9 Å². The highest BCUT2D eigenvalue weighted by atomic mass is 16.6. The number of β-amino-alcohol motifs (C(OH)–C–C–N with tert-alkyl or cyclic N) is 1. The largest absolute Gasteiger partial charge is 0.388 e. The molecule has 7 nitrogen and oxygen atoms in total. The number of hydrogen-bond donors (Lipinski definition) is 3.